The van der Waals surface area contributed by atoms with E-state index in [9.17, 15) is 5.26 Å². The van der Waals surface area contributed by atoms with Gasteiger partial charge in [-0.15, -0.1) is 0 Å². The van der Waals surface area contributed by atoms with Gasteiger partial charge in [0.25, 0.3) is 0 Å². The fourth-order valence-electron chi connectivity index (χ4n) is 3.65. The molecular weight excluding hydrogens is 336 g/mol. The maximum Gasteiger partial charge on any atom is 0.0995 e. The van der Waals surface area contributed by atoms with Gasteiger partial charge in [-0.1, -0.05) is 18.2 Å². The van der Waals surface area contributed by atoms with E-state index >= 15 is 0 Å². The van der Waals surface area contributed by atoms with Crippen molar-refractivity contribution >= 4 is 0 Å². The molecular formula is C22H22N4O. The number of ether oxygens (including phenoxy) is 1. The molecule has 1 aliphatic rings. The number of nitrogens with zero attached hydrogens (tertiary/aromatic N) is 4. The average Bonchev–Trinajstić information content (AvgIpc) is 3.18. The quantitative estimate of drug-likeness (QED) is 0.676. The molecule has 5 heteroatoms. The second-order valence-electron chi connectivity index (χ2n) is 6.87. The van der Waals surface area contributed by atoms with Crippen LogP contribution in [0, 0.1) is 11.3 Å². The van der Waals surface area contributed by atoms with Crippen LogP contribution < -0.4 is 0 Å². The zero-order valence-electron chi connectivity index (χ0n) is 15.2. The van der Waals surface area contributed by atoms with E-state index in [4.69, 9.17) is 4.74 Å². The first-order valence-corrected chi connectivity index (χ1v) is 9.16. The zero-order valence-corrected chi connectivity index (χ0v) is 15.2. The Balaban J connectivity index is 1.43. The summed E-state index contributed by atoms with van der Waals surface area (Å²) in [4.78, 5) is 6.44. The molecule has 0 saturated heterocycles. The molecule has 0 amide bonds. The molecule has 0 aliphatic carbocycles. The van der Waals surface area contributed by atoms with Crippen LogP contribution in [0.5, 0.6) is 0 Å². The van der Waals surface area contributed by atoms with E-state index in [1.54, 1.807) is 12.4 Å². The van der Waals surface area contributed by atoms with Crippen LogP contribution >= 0.6 is 0 Å². The third kappa shape index (κ3) is 4.08. The van der Waals surface area contributed by atoms with Crippen LogP contribution in [0.2, 0.25) is 0 Å². The molecule has 3 aromatic rings. The van der Waals surface area contributed by atoms with Crippen molar-refractivity contribution < 1.29 is 4.74 Å². The normalized spacial score (nSPS) is 16.6. The van der Waals surface area contributed by atoms with E-state index in [1.165, 1.54) is 5.69 Å². The lowest BCUT2D eigenvalue weighted by Crippen LogP contribution is -2.38. The summed E-state index contributed by atoms with van der Waals surface area (Å²) < 4.78 is 8.32. The summed E-state index contributed by atoms with van der Waals surface area (Å²) in [5.41, 5.74) is 4.25. The monoisotopic (exact) mass is 358 g/mol. The van der Waals surface area contributed by atoms with Gasteiger partial charge in [0.05, 0.1) is 30.9 Å². The van der Waals surface area contributed by atoms with Gasteiger partial charge in [-0.2, -0.15) is 5.26 Å². The van der Waals surface area contributed by atoms with Crippen molar-refractivity contribution in [2.75, 3.05) is 13.2 Å². The van der Waals surface area contributed by atoms with Gasteiger partial charge in [-0.05, 0) is 41.5 Å². The van der Waals surface area contributed by atoms with Gasteiger partial charge in [-0.25, -0.2) is 0 Å². The van der Waals surface area contributed by atoms with E-state index in [1.807, 2.05) is 36.4 Å². The number of fused-ring (bicyclic) bond motifs is 1. The van der Waals surface area contributed by atoms with Crippen molar-refractivity contribution in [3.63, 3.8) is 0 Å². The average molecular weight is 358 g/mol. The summed E-state index contributed by atoms with van der Waals surface area (Å²) in [5.74, 6) is 0. The molecule has 1 atom stereocenters. The van der Waals surface area contributed by atoms with Gasteiger partial charge in [0.1, 0.15) is 0 Å². The molecule has 0 fully saturated rings. The summed E-state index contributed by atoms with van der Waals surface area (Å²) in [6.45, 7) is 3.80. The molecule has 0 bridgehead atoms. The minimum absolute atomic E-state index is 0.264. The summed E-state index contributed by atoms with van der Waals surface area (Å²) in [7, 11) is 0. The minimum atomic E-state index is 0.264. The van der Waals surface area contributed by atoms with Crippen LogP contribution in [0.15, 0.2) is 67.1 Å². The highest BCUT2D eigenvalue weighted by molar-refractivity contribution is 5.37. The molecule has 1 aliphatic heterocycles. The molecule has 136 valence electrons. The third-order valence-electron chi connectivity index (χ3n) is 4.97. The Hall–Kier alpha value is -2.94. The number of pyridine rings is 1. The van der Waals surface area contributed by atoms with Crippen molar-refractivity contribution in [1.82, 2.24) is 14.5 Å². The molecule has 0 saturated carbocycles. The van der Waals surface area contributed by atoms with Crippen LogP contribution in [-0.2, 0) is 24.4 Å². The Kier molecular flexibility index (Phi) is 5.29. The van der Waals surface area contributed by atoms with Crippen molar-refractivity contribution in [1.29, 1.82) is 5.26 Å². The molecule has 0 radical (unpaired) electrons. The van der Waals surface area contributed by atoms with E-state index in [-0.39, 0.29) is 6.04 Å². The third-order valence-corrected chi connectivity index (χ3v) is 4.97. The zero-order chi connectivity index (χ0) is 18.5. The van der Waals surface area contributed by atoms with E-state index in [0.29, 0.717) is 13.2 Å². The number of nitriles is 1. The highest BCUT2D eigenvalue weighted by atomic mass is 16.5. The molecule has 1 unspecified atom stereocenters. The van der Waals surface area contributed by atoms with Crippen LogP contribution in [-0.4, -0.2) is 27.6 Å². The highest BCUT2D eigenvalue weighted by Crippen LogP contribution is 2.24. The lowest BCUT2D eigenvalue weighted by Gasteiger charge is -2.35. The Bertz CT molecular complexity index is 929. The Morgan fingerprint density at radius 1 is 1.11 bits per heavy atom. The van der Waals surface area contributed by atoms with Gasteiger partial charge >= 0.3 is 0 Å². The molecule has 4 rings (SSSR count). The number of aromatic nitrogens is 2. The summed E-state index contributed by atoms with van der Waals surface area (Å²) >= 11 is 0. The lowest BCUT2D eigenvalue weighted by molar-refractivity contribution is 0.0588. The first kappa shape index (κ1) is 17.5. The largest absolute Gasteiger partial charge is 0.375 e. The number of hydrogen-bond acceptors (Lipinski definition) is 4. The van der Waals surface area contributed by atoms with Crippen molar-refractivity contribution in [3.8, 4) is 6.07 Å². The highest BCUT2D eigenvalue weighted by Gasteiger charge is 2.25. The smallest absolute Gasteiger partial charge is 0.0995 e. The Morgan fingerprint density at radius 2 is 1.96 bits per heavy atom. The van der Waals surface area contributed by atoms with Crippen LogP contribution in [0.25, 0.3) is 0 Å². The summed E-state index contributed by atoms with van der Waals surface area (Å²) in [5, 5.41) is 9.35. The van der Waals surface area contributed by atoms with Crippen LogP contribution in [0.3, 0.4) is 0 Å². The SMILES string of the molecule is N#Cc1ccccc1CN1Cc2cccn2C(COCc2ccncc2)C1. The van der Waals surface area contributed by atoms with Gasteiger partial charge in [0.2, 0.25) is 0 Å². The molecule has 27 heavy (non-hydrogen) atoms. The van der Waals surface area contributed by atoms with Gasteiger partial charge in [0, 0.05) is 43.9 Å². The number of hydrogen-bond donors (Lipinski definition) is 0. The maximum absolute atomic E-state index is 9.35. The molecule has 1 aromatic carbocycles. The van der Waals surface area contributed by atoms with Gasteiger partial charge in [-0.3, -0.25) is 9.88 Å². The van der Waals surface area contributed by atoms with Gasteiger partial charge < -0.3 is 9.30 Å². The Morgan fingerprint density at radius 3 is 2.81 bits per heavy atom. The second-order valence-corrected chi connectivity index (χ2v) is 6.87. The standard InChI is InChI=1S/C22H22N4O/c23-12-19-4-1-2-5-20(19)13-25-14-21-6-3-11-26(21)22(15-25)17-27-16-18-7-9-24-10-8-18/h1-11,22H,13-17H2. The number of rotatable bonds is 6. The van der Waals surface area contributed by atoms with E-state index in [2.05, 4.69) is 38.8 Å². The topological polar surface area (TPSA) is 54.1 Å². The first-order valence-electron chi connectivity index (χ1n) is 9.16. The van der Waals surface area contributed by atoms with Crippen LogP contribution in [0.4, 0.5) is 0 Å². The van der Waals surface area contributed by atoms with Crippen molar-refractivity contribution in [2.45, 2.75) is 25.7 Å². The molecule has 5 nitrogen and oxygen atoms in total. The number of benzene rings is 1. The van der Waals surface area contributed by atoms with Gasteiger partial charge in [0.15, 0.2) is 0 Å². The summed E-state index contributed by atoms with van der Waals surface area (Å²) in [6.07, 6.45) is 5.71. The molecule has 0 N–H and O–H groups in total. The Labute approximate surface area is 159 Å². The second kappa shape index (κ2) is 8.17. The summed E-state index contributed by atoms with van der Waals surface area (Å²) in [6, 6.07) is 18.6. The molecule has 3 heterocycles. The lowest BCUT2D eigenvalue weighted by atomic mass is 10.1. The van der Waals surface area contributed by atoms with E-state index in [0.717, 1.165) is 36.3 Å². The van der Waals surface area contributed by atoms with Crippen molar-refractivity contribution in [2.24, 2.45) is 0 Å². The maximum atomic E-state index is 9.35. The first-order chi connectivity index (χ1) is 13.3. The predicted molar refractivity (Wildman–Crippen MR) is 103 cm³/mol. The predicted octanol–water partition coefficient (Wildman–Crippen LogP) is 3.53. The van der Waals surface area contributed by atoms with E-state index < -0.39 is 0 Å². The van der Waals surface area contributed by atoms with Crippen LogP contribution in [0.1, 0.15) is 28.4 Å². The van der Waals surface area contributed by atoms with Crippen molar-refractivity contribution in [3.05, 3.63) is 89.5 Å². The fourth-order valence-corrected chi connectivity index (χ4v) is 3.65. The fraction of sp³-hybridized carbons (Fsp3) is 0.273. The molecule has 0 spiro atoms. The minimum Gasteiger partial charge on any atom is -0.375 e. The molecule has 2 aromatic heterocycles.